The number of carbonyl (C=O) groups excluding carboxylic acids is 1. The largest absolute Gasteiger partial charge is 0.462 e. The van der Waals surface area contributed by atoms with Crippen LogP contribution in [0.4, 0.5) is 5.69 Å². The van der Waals surface area contributed by atoms with E-state index in [9.17, 15) is 4.79 Å². The maximum absolute atomic E-state index is 11.6. The van der Waals surface area contributed by atoms with E-state index >= 15 is 0 Å². The summed E-state index contributed by atoms with van der Waals surface area (Å²) in [7, 11) is 0. The fourth-order valence-corrected chi connectivity index (χ4v) is 2.32. The van der Waals surface area contributed by atoms with Crippen molar-refractivity contribution in [3.8, 4) is 0 Å². The fourth-order valence-electron chi connectivity index (χ4n) is 1.47. The average Bonchev–Trinajstić information content (AvgIpc) is 2.68. The highest BCUT2D eigenvalue weighted by atomic mass is 32.1. The highest BCUT2D eigenvalue weighted by molar-refractivity contribution is 7.17. The summed E-state index contributed by atoms with van der Waals surface area (Å²) in [6.45, 7) is 2.18. The first-order valence-electron chi connectivity index (χ1n) is 4.67. The molecular weight excluding hydrogens is 210 g/mol. The Balaban J connectivity index is 2.57. The van der Waals surface area contributed by atoms with Crippen LogP contribution in [0.5, 0.6) is 0 Å². The third-order valence-electron chi connectivity index (χ3n) is 2.14. The molecule has 0 aliphatic carbocycles. The lowest BCUT2D eigenvalue weighted by atomic mass is 10.1. The Bertz CT molecular complexity index is 504. The minimum absolute atomic E-state index is 0.291. The topological polar surface area (TPSA) is 52.3 Å². The van der Waals surface area contributed by atoms with Gasteiger partial charge in [-0.25, -0.2) is 4.79 Å². The number of benzene rings is 1. The van der Waals surface area contributed by atoms with Gasteiger partial charge in [0, 0.05) is 11.1 Å². The van der Waals surface area contributed by atoms with Gasteiger partial charge < -0.3 is 10.5 Å². The zero-order valence-electron chi connectivity index (χ0n) is 8.32. The first-order chi connectivity index (χ1) is 7.24. The number of hydrogen-bond donors (Lipinski definition) is 1. The molecule has 0 aliphatic rings. The van der Waals surface area contributed by atoms with Gasteiger partial charge in [-0.15, -0.1) is 11.3 Å². The molecule has 3 nitrogen and oxygen atoms in total. The van der Waals surface area contributed by atoms with E-state index in [-0.39, 0.29) is 5.97 Å². The summed E-state index contributed by atoms with van der Waals surface area (Å²) in [6.07, 6.45) is 0. The van der Waals surface area contributed by atoms with Gasteiger partial charge in [-0.2, -0.15) is 0 Å². The van der Waals surface area contributed by atoms with E-state index in [1.54, 1.807) is 19.1 Å². The van der Waals surface area contributed by atoms with Gasteiger partial charge in [0.05, 0.1) is 16.9 Å². The lowest BCUT2D eigenvalue weighted by Gasteiger charge is -2.04. The number of ether oxygens (including phenoxy) is 1. The molecule has 0 radical (unpaired) electrons. The van der Waals surface area contributed by atoms with Crippen LogP contribution in [-0.2, 0) is 4.74 Å². The Labute approximate surface area is 91.5 Å². The summed E-state index contributed by atoms with van der Waals surface area (Å²) in [4.78, 5) is 11.6. The van der Waals surface area contributed by atoms with E-state index in [4.69, 9.17) is 10.5 Å². The van der Waals surface area contributed by atoms with Gasteiger partial charge in [0.1, 0.15) is 0 Å². The van der Waals surface area contributed by atoms with E-state index in [2.05, 4.69) is 0 Å². The van der Waals surface area contributed by atoms with Crippen molar-refractivity contribution >= 4 is 33.1 Å². The van der Waals surface area contributed by atoms with Crippen LogP contribution in [0, 0.1) is 0 Å². The van der Waals surface area contributed by atoms with E-state index in [1.165, 1.54) is 11.3 Å². The molecule has 0 atom stereocenters. The van der Waals surface area contributed by atoms with Crippen molar-refractivity contribution in [2.75, 3.05) is 12.3 Å². The number of thiophene rings is 1. The van der Waals surface area contributed by atoms with Crippen LogP contribution in [0.15, 0.2) is 23.6 Å². The second-order valence-electron chi connectivity index (χ2n) is 3.09. The Morgan fingerprint density at radius 1 is 1.47 bits per heavy atom. The lowest BCUT2D eigenvalue weighted by Crippen LogP contribution is -2.05. The molecule has 15 heavy (non-hydrogen) atoms. The highest BCUT2D eigenvalue weighted by Crippen LogP contribution is 2.29. The standard InChI is InChI=1S/C11H11NO2S/c1-2-14-11(13)8-3-4-9(12)10-7(8)5-6-15-10/h3-6H,2,12H2,1H3. The number of anilines is 1. The second-order valence-corrected chi connectivity index (χ2v) is 4.00. The van der Waals surface area contributed by atoms with Crippen molar-refractivity contribution < 1.29 is 9.53 Å². The van der Waals surface area contributed by atoms with Crippen LogP contribution in [0.25, 0.3) is 10.1 Å². The number of rotatable bonds is 2. The molecule has 1 heterocycles. The molecule has 2 aromatic rings. The van der Waals surface area contributed by atoms with Crippen molar-refractivity contribution in [2.45, 2.75) is 6.92 Å². The smallest absolute Gasteiger partial charge is 0.338 e. The molecule has 1 aromatic heterocycles. The van der Waals surface area contributed by atoms with Crippen molar-refractivity contribution in [2.24, 2.45) is 0 Å². The molecule has 0 unspecified atom stereocenters. The van der Waals surface area contributed by atoms with Gasteiger partial charge >= 0.3 is 5.97 Å². The predicted molar refractivity (Wildman–Crippen MR) is 62.2 cm³/mol. The van der Waals surface area contributed by atoms with Crippen LogP contribution in [0.1, 0.15) is 17.3 Å². The first kappa shape index (κ1) is 9.98. The Morgan fingerprint density at radius 3 is 3.00 bits per heavy atom. The van der Waals surface area contributed by atoms with Gasteiger partial charge in [0.25, 0.3) is 0 Å². The number of nitrogen functional groups attached to an aromatic ring is 1. The number of carbonyl (C=O) groups is 1. The summed E-state index contributed by atoms with van der Waals surface area (Å²) in [5.41, 5.74) is 7.09. The molecular formula is C11H11NO2S. The van der Waals surface area contributed by atoms with Gasteiger partial charge in [-0.1, -0.05) is 0 Å². The van der Waals surface area contributed by atoms with E-state index < -0.39 is 0 Å². The summed E-state index contributed by atoms with van der Waals surface area (Å²) in [5.74, 6) is -0.291. The van der Waals surface area contributed by atoms with Crippen molar-refractivity contribution in [1.29, 1.82) is 0 Å². The lowest BCUT2D eigenvalue weighted by molar-refractivity contribution is 0.0529. The normalized spacial score (nSPS) is 10.5. The Morgan fingerprint density at radius 2 is 2.27 bits per heavy atom. The first-order valence-corrected chi connectivity index (χ1v) is 5.54. The third kappa shape index (κ3) is 1.68. The van der Waals surface area contributed by atoms with E-state index in [0.29, 0.717) is 17.9 Å². The number of esters is 1. The maximum atomic E-state index is 11.6. The van der Waals surface area contributed by atoms with E-state index in [1.807, 2.05) is 11.4 Å². The molecule has 1 aromatic carbocycles. The van der Waals surface area contributed by atoms with E-state index in [0.717, 1.165) is 10.1 Å². The Hall–Kier alpha value is -1.55. The molecule has 0 bridgehead atoms. The van der Waals surface area contributed by atoms with Crippen LogP contribution < -0.4 is 5.73 Å². The number of nitrogens with two attached hydrogens (primary N) is 1. The zero-order chi connectivity index (χ0) is 10.8. The molecule has 2 rings (SSSR count). The van der Waals surface area contributed by atoms with Gasteiger partial charge in [0.15, 0.2) is 0 Å². The molecule has 0 saturated heterocycles. The molecule has 4 heteroatoms. The van der Waals surface area contributed by atoms with Gasteiger partial charge in [-0.05, 0) is 30.5 Å². The summed E-state index contributed by atoms with van der Waals surface area (Å²) in [5, 5.41) is 2.79. The molecule has 0 amide bonds. The summed E-state index contributed by atoms with van der Waals surface area (Å²) >= 11 is 1.53. The van der Waals surface area contributed by atoms with Crippen LogP contribution >= 0.6 is 11.3 Å². The van der Waals surface area contributed by atoms with Crippen molar-refractivity contribution in [3.05, 3.63) is 29.1 Å². The number of fused-ring (bicyclic) bond motifs is 1. The number of hydrogen-bond acceptors (Lipinski definition) is 4. The molecule has 0 spiro atoms. The quantitative estimate of drug-likeness (QED) is 0.626. The minimum atomic E-state index is -0.291. The maximum Gasteiger partial charge on any atom is 0.338 e. The van der Waals surface area contributed by atoms with Gasteiger partial charge in [0.2, 0.25) is 0 Å². The molecule has 0 saturated carbocycles. The predicted octanol–water partition coefficient (Wildman–Crippen LogP) is 2.66. The average molecular weight is 221 g/mol. The minimum Gasteiger partial charge on any atom is -0.462 e. The van der Waals surface area contributed by atoms with Crippen molar-refractivity contribution in [1.82, 2.24) is 0 Å². The molecule has 0 fully saturated rings. The molecule has 78 valence electrons. The van der Waals surface area contributed by atoms with Crippen LogP contribution in [0.3, 0.4) is 0 Å². The van der Waals surface area contributed by atoms with Crippen molar-refractivity contribution in [3.63, 3.8) is 0 Å². The zero-order valence-corrected chi connectivity index (χ0v) is 9.14. The van der Waals surface area contributed by atoms with Crippen LogP contribution in [0.2, 0.25) is 0 Å². The Kier molecular flexibility index (Phi) is 2.60. The monoisotopic (exact) mass is 221 g/mol. The molecule has 2 N–H and O–H groups in total. The SMILES string of the molecule is CCOC(=O)c1ccc(N)c2sccc12. The van der Waals surface area contributed by atoms with Gasteiger partial charge in [-0.3, -0.25) is 0 Å². The molecule has 0 aliphatic heterocycles. The fraction of sp³-hybridized carbons (Fsp3) is 0.182. The van der Waals surface area contributed by atoms with Crippen LogP contribution in [-0.4, -0.2) is 12.6 Å². The summed E-state index contributed by atoms with van der Waals surface area (Å²) in [6, 6.07) is 5.34. The third-order valence-corrected chi connectivity index (χ3v) is 3.11. The second kappa shape index (κ2) is 3.90. The highest BCUT2D eigenvalue weighted by Gasteiger charge is 2.12. The summed E-state index contributed by atoms with van der Waals surface area (Å²) < 4.78 is 5.92.